The summed E-state index contributed by atoms with van der Waals surface area (Å²) in [4.78, 5) is 14.0. The van der Waals surface area contributed by atoms with Crippen LogP contribution in [0.3, 0.4) is 0 Å². The molecule has 2 unspecified atom stereocenters. The highest BCUT2D eigenvalue weighted by atomic mass is 19.1. The summed E-state index contributed by atoms with van der Waals surface area (Å²) < 4.78 is 13.8. The maximum Gasteiger partial charge on any atom is 0.260 e. The average molecular weight is 280 g/mol. The second kappa shape index (κ2) is 6.22. The van der Waals surface area contributed by atoms with Gasteiger partial charge < -0.3 is 15.7 Å². The predicted molar refractivity (Wildman–Crippen MR) is 75.0 cm³/mol. The fourth-order valence-corrected chi connectivity index (χ4v) is 3.02. The summed E-state index contributed by atoms with van der Waals surface area (Å²) in [5.41, 5.74) is 5.52. The van der Waals surface area contributed by atoms with Crippen molar-refractivity contribution in [2.24, 2.45) is 11.7 Å². The van der Waals surface area contributed by atoms with E-state index in [1.807, 2.05) is 0 Å². The molecule has 110 valence electrons. The fourth-order valence-electron chi connectivity index (χ4n) is 3.02. The molecule has 0 saturated heterocycles. The first kappa shape index (κ1) is 14.8. The second-order valence-electron chi connectivity index (χ2n) is 5.40. The van der Waals surface area contributed by atoms with Crippen molar-refractivity contribution in [1.82, 2.24) is 4.90 Å². The van der Waals surface area contributed by atoms with Crippen LogP contribution in [0.2, 0.25) is 0 Å². The minimum Gasteiger partial charge on any atom is -0.507 e. The van der Waals surface area contributed by atoms with E-state index in [1.165, 1.54) is 23.1 Å². The molecule has 3 N–H and O–H groups in total. The third kappa shape index (κ3) is 2.77. The van der Waals surface area contributed by atoms with E-state index in [4.69, 9.17) is 5.73 Å². The van der Waals surface area contributed by atoms with Crippen LogP contribution in [0, 0.1) is 11.7 Å². The van der Waals surface area contributed by atoms with Crippen molar-refractivity contribution in [2.75, 3.05) is 13.6 Å². The summed E-state index contributed by atoms with van der Waals surface area (Å²) in [6, 6.07) is 3.90. The molecule has 0 aromatic heterocycles. The van der Waals surface area contributed by atoms with Gasteiger partial charge in [-0.2, -0.15) is 0 Å². The standard InChI is InChI=1S/C15H21FN2O2/c1-18(12-7-3-2-5-10(12)9-17)15(20)14-11(16)6-4-8-13(14)19/h4,6,8,10,12,19H,2-3,5,7,9,17H2,1H3. The van der Waals surface area contributed by atoms with Crippen LogP contribution < -0.4 is 5.73 Å². The molecule has 5 heteroatoms. The number of phenolic OH excluding ortho intramolecular Hbond substituents is 1. The van der Waals surface area contributed by atoms with Crippen molar-refractivity contribution in [1.29, 1.82) is 0 Å². The number of hydrogen-bond donors (Lipinski definition) is 2. The van der Waals surface area contributed by atoms with Gasteiger partial charge in [0.2, 0.25) is 0 Å². The number of nitrogens with two attached hydrogens (primary N) is 1. The predicted octanol–water partition coefficient (Wildman–Crippen LogP) is 2.12. The molecular weight excluding hydrogens is 259 g/mol. The van der Waals surface area contributed by atoms with E-state index in [1.54, 1.807) is 7.05 Å². The molecular formula is C15H21FN2O2. The topological polar surface area (TPSA) is 66.6 Å². The summed E-state index contributed by atoms with van der Waals surface area (Å²) in [6.45, 7) is 0.519. The number of halogens is 1. The Hall–Kier alpha value is -1.62. The van der Waals surface area contributed by atoms with E-state index in [0.717, 1.165) is 25.7 Å². The minimum atomic E-state index is -0.693. The molecule has 0 aliphatic heterocycles. The van der Waals surface area contributed by atoms with E-state index in [-0.39, 0.29) is 23.3 Å². The first-order chi connectivity index (χ1) is 9.56. The lowest BCUT2D eigenvalue weighted by Gasteiger charge is -2.37. The van der Waals surface area contributed by atoms with Gasteiger partial charge in [-0.05, 0) is 37.4 Å². The zero-order valence-electron chi connectivity index (χ0n) is 11.7. The van der Waals surface area contributed by atoms with Gasteiger partial charge in [-0.1, -0.05) is 18.9 Å². The maximum atomic E-state index is 13.8. The quantitative estimate of drug-likeness (QED) is 0.891. The van der Waals surface area contributed by atoms with Gasteiger partial charge in [0.05, 0.1) is 0 Å². The Morgan fingerprint density at radius 2 is 2.15 bits per heavy atom. The zero-order valence-corrected chi connectivity index (χ0v) is 11.7. The lowest BCUT2D eigenvalue weighted by Crippen LogP contribution is -2.46. The third-order valence-corrected chi connectivity index (χ3v) is 4.20. The average Bonchev–Trinajstić information content (AvgIpc) is 2.46. The highest BCUT2D eigenvalue weighted by molar-refractivity contribution is 5.97. The Balaban J connectivity index is 2.23. The van der Waals surface area contributed by atoms with E-state index >= 15 is 0 Å². The molecule has 0 radical (unpaired) electrons. The Morgan fingerprint density at radius 1 is 1.45 bits per heavy atom. The van der Waals surface area contributed by atoms with Gasteiger partial charge in [0.1, 0.15) is 17.1 Å². The number of carbonyl (C=O) groups excluding carboxylic acids is 1. The third-order valence-electron chi connectivity index (χ3n) is 4.20. The molecule has 2 atom stereocenters. The first-order valence-electron chi connectivity index (χ1n) is 7.01. The maximum absolute atomic E-state index is 13.8. The van der Waals surface area contributed by atoms with Crippen LogP contribution in [0.25, 0.3) is 0 Å². The molecule has 20 heavy (non-hydrogen) atoms. The largest absolute Gasteiger partial charge is 0.507 e. The Kier molecular flexibility index (Phi) is 4.60. The molecule has 2 rings (SSSR count). The van der Waals surface area contributed by atoms with Crippen molar-refractivity contribution in [3.63, 3.8) is 0 Å². The summed E-state index contributed by atoms with van der Waals surface area (Å²) in [7, 11) is 1.66. The molecule has 0 bridgehead atoms. The molecule has 1 aliphatic carbocycles. The van der Waals surface area contributed by atoms with E-state index < -0.39 is 11.7 Å². The number of aromatic hydroxyl groups is 1. The molecule has 0 spiro atoms. The minimum absolute atomic E-state index is 0.0141. The number of phenols is 1. The number of nitrogens with zero attached hydrogens (tertiary/aromatic N) is 1. The lowest BCUT2D eigenvalue weighted by atomic mass is 9.83. The highest BCUT2D eigenvalue weighted by Gasteiger charge is 2.32. The van der Waals surface area contributed by atoms with E-state index in [9.17, 15) is 14.3 Å². The van der Waals surface area contributed by atoms with Gasteiger partial charge in [-0.15, -0.1) is 0 Å². The molecule has 1 aromatic rings. The van der Waals surface area contributed by atoms with Gasteiger partial charge in [0, 0.05) is 13.1 Å². The summed E-state index contributed by atoms with van der Waals surface area (Å²) in [5, 5.41) is 9.72. The monoisotopic (exact) mass is 280 g/mol. The van der Waals surface area contributed by atoms with Gasteiger partial charge in [-0.3, -0.25) is 4.79 Å². The lowest BCUT2D eigenvalue weighted by molar-refractivity contribution is 0.0612. The summed E-state index contributed by atoms with van der Waals surface area (Å²) in [5.74, 6) is -1.25. The smallest absolute Gasteiger partial charge is 0.260 e. The SMILES string of the molecule is CN(C(=O)c1c(O)cccc1F)C1CCCCC1CN. The van der Waals surface area contributed by atoms with Crippen molar-refractivity contribution in [3.05, 3.63) is 29.6 Å². The fraction of sp³-hybridized carbons (Fsp3) is 0.533. The Bertz CT molecular complexity index is 473. The van der Waals surface area contributed by atoms with Gasteiger partial charge in [0.25, 0.3) is 5.91 Å². The summed E-state index contributed by atoms with van der Waals surface area (Å²) in [6.07, 6.45) is 4.02. The normalized spacial score (nSPS) is 22.6. The van der Waals surface area contributed by atoms with Crippen molar-refractivity contribution < 1.29 is 14.3 Å². The Morgan fingerprint density at radius 3 is 2.80 bits per heavy atom. The summed E-state index contributed by atoms with van der Waals surface area (Å²) >= 11 is 0. The van der Waals surface area contributed by atoms with Gasteiger partial charge in [-0.25, -0.2) is 4.39 Å². The van der Waals surface area contributed by atoms with Crippen LogP contribution in [-0.2, 0) is 0 Å². The van der Waals surface area contributed by atoms with Gasteiger partial charge >= 0.3 is 0 Å². The molecule has 4 nitrogen and oxygen atoms in total. The van der Waals surface area contributed by atoms with Gasteiger partial charge in [0.15, 0.2) is 0 Å². The molecule has 1 aromatic carbocycles. The van der Waals surface area contributed by atoms with Crippen LogP contribution in [0.4, 0.5) is 4.39 Å². The van der Waals surface area contributed by atoms with Crippen molar-refractivity contribution >= 4 is 5.91 Å². The van der Waals surface area contributed by atoms with Crippen LogP contribution >= 0.6 is 0 Å². The number of amides is 1. The van der Waals surface area contributed by atoms with Crippen LogP contribution in [0.15, 0.2) is 18.2 Å². The number of carbonyl (C=O) groups is 1. The number of hydrogen-bond acceptors (Lipinski definition) is 3. The van der Waals surface area contributed by atoms with Crippen molar-refractivity contribution in [2.45, 2.75) is 31.7 Å². The molecule has 1 aliphatic rings. The van der Waals surface area contributed by atoms with Crippen LogP contribution in [0.5, 0.6) is 5.75 Å². The molecule has 1 amide bonds. The molecule has 0 heterocycles. The number of benzene rings is 1. The van der Waals surface area contributed by atoms with Crippen molar-refractivity contribution in [3.8, 4) is 5.75 Å². The molecule has 1 fully saturated rings. The first-order valence-corrected chi connectivity index (χ1v) is 7.01. The zero-order chi connectivity index (χ0) is 14.7. The molecule has 1 saturated carbocycles. The Labute approximate surface area is 118 Å². The van der Waals surface area contributed by atoms with E-state index in [2.05, 4.69) is 0 Å². The highest BCUT2D eigenvalue weighted by Crippen LogP contribution is 2.30. The van der Waals surface area contributed by atoms with Crippen LogP contribution in [-0.4, -0.2) is 35.5 Å². The number of rotatable bonds is 3. The van der Waals surface area contributed by atoms with E-state index in [0.29, 0.717) is 6.54 Å². The van der Waals surface area contributed by atoms with Crippen LogP contribution in [0.1, 0.15) is 36.0 Å². The second-order valence-corrected chi connectivity index (χ2v) is 5.40.